The lowest BCUT2D eigenvalue weighted by atomic mass is 9.70. The average Bonchev–Trinajstić information content (AvgIpc) is 3.75. The van der Waals surface area contributed by atoms with Crippen LogP contribution in [0.15, 0.2) is 59.5 Å². The Balaban J connectivity index is 1.35. The number of fused-ring (bicyclic) bond motifs is 2. The fourth-order valence-electron chi connectivity index (χ4n) is 6.50. The van der Waals surface area contributed by atoms with Crippen LogP contribution in [0.1, 0.15) is 58.0 Å². The van der Waals surface area contributed by atoms with E-state index in [9.17, 15) is 9.59 Å². The number of aryl methyl sites for hydroxylation is 1. The Morgan fingerprint density at radius 1 is 1.12 bits per heavy atom. The van der Waals surface area contributed by atoms with Crippen molar-refractivity contribution in [2.75, 3.05) is 20.2 Å². The van der Waals surface area contributed by atoms with Crippen LogP contribution in [-0.4, -0.2) is 46.9 Å². The summed E-state index contributed by atoms with van der Waals surface area (Å²) in [6.45, 7) is 3.43. The van der Waals surface area contributed by atoms with Crippen molar-refractivity contribution >= 4 is 38.4 Å². The summed E-state index contributed by atoms with van der Waals surface area (Å²) in [5, 5.41) is 4.38. The molecule has 4 aromatic rings. The SMILES string of the molecule is COc1cc(C(=O)[C@@H]2C(=O)c3cc(-c4cncc(Br)c4)ccc3OC23CCNCC3)cc2c1c(C)cn2C1CC1. The van der Waals surface area contributed by atoms with E-state index in [0.29, 0.717) is 54.6 Å². The summed E-state index contributed by atoms with van der Waals surface area (Å²) >= 11 is 3.48. The fourth-order valence-corrected chi connectivity index (χ4v) is 6.86. The number of halogens is 1. The first-order valence-corrected chi connectivity index (χ1v) is 14.6. The molecule has 1 saturated heterocycles. The van der Waals surface area contributed by atoms with Crippen molar-refractivity contribution in [3.05, 3.63) is 76.2 Å². The van der Waals surface area contributed by atoms with Crippen LogP contribution in [-0.2, 0) is 0 Å². The van der Waals surface area contributed by atoms with Crippen LogP contribution < -0.4 is 14.8 Å². The molecule has 0 unspecified atom stereocenters. The molecule has 1 atom stereocenters. The summed E-state index contributed by atoms with van der Waals surface area (Å²) in [6, 6.07) is 11.8. The molecule has 2 aliphatic heterocycles. The molecule has 2 aromatic carbocycles. The maximum Gasteiger partial charge on any atom is 0.181 e. The van der Waals surface area contributed by atoms with Crippen molar-refractivity contribution < 1.29 is 19.1 Å². The van der Waals surface area contributed by atoms with Crippen LogP contribution in [0, 0.1) is 12.8 Å². The lowest BCUT2D eigenvalue weighted by Crippen LogP contribution is -2.58. The molecule has 1 spiro atoms. The summed E-state index contributed by atoms with van der Waals surface area (Å²) in [7, 11) is 1.63. The minimum Gasteiger partial charge on any atom is -0.496 e. The molecule has 7 rings (SSSR count). The zero-order valence-corrected chi connectivity index (χ0v) is 24.1. The highest BCUT2D eigenvalue weighted by atomic mass is 79.9. The number of nitrogens with zero attached hydrogens (tertiary/aromatic N) is 2. The first kappa shape index (κ1) is 25.5. The number of aromatic nitrogens is 2. The van der Waals surface area contributed by atoms with Gasteiger partial charge >= 0.3 is 0 Å². The highest BCUT2D eigenvalue weighted by Crippen LogP contribution is 2.46. The molecule has 2 fully saturated rings. The number of rotatable bonds is 5. The van der Waals surface area contributed by atoms with E-state index in [1.165, 1.54) is 0 Å². The number of hydrogen-bond acceptors (Lipinski definition) is 6. The van der Waals surface area contributed by atoms with E-state index in [1.807, 2.05) is 30.3 Å². The fraction of sp³-hybridized carbons (Fsp3) is 0.344. The van der Waals surface area contributed by atoms with Crippen LogP contribution >= 0.6 is 15.9 Å². The number of carbonyl (C=O) groups excluding carboxylic acids is 2. The number of piperidine rings is 1. The summed E-state index contributed by atoms with van der Waals surface area (Å²) < 4.78 is 15.6. The number of benzene rings is 2. The molecular weight excluding hydrogens is 570 g/mol. The van der Waals surface area contributed by atoms with Crippen molar-refractivity contribution in [2.45, 2.75) is 44.2 Å². The van der Waals surface area contributed by atoms with E-state index in [4.69, 9.17) is 9.47 Å². The minimum absolute atomic E-state index is 0.189. The molecule has 0 bridgehead atoms. The number of hydrogen-bond donors (Lipinski definition) is 1. The standard InChI is InChI=1S/C32H30BrN3O4/c1-18-17-36(23-4-5-23)25-13-20(14-27(39-2)28(18)25)30(37)29-31(38)24-12-19(21-11-22(33)16-35-15-21)3-6-26(24)40-32(29)7-9-34-10-8-32/h3,6,11-17,23,29,34H,4-5,7-10H2,1-2H3/t29-/m1/s1. The summed E-state index contributed by atoms with van der Waals surface area (Å²) in [5.74, 6) is -0.162. The molecule has 0 radical (unpaired) electrons. The van der Waals surface area contributed by atoms with Gasteiger partial charge < -0.3 is 19.4 Å². The third kappa shape index (κ3) is 4.08. The third-order valence-corrected chi connectivity index (χ3v) is 9.06. The van der Waals surface area contributed by atoms with Crippen LogP contribution in [0.2, 0.25) is 0 Å². The van der Waals surface area contributed by atoms with Crippen LogP contribution in [0.5, 0.6) is 11.5 Å². The zero-order valence-electron chi connectivity index (χ0n) is 22.5. The highest BCUT2D eigenvalue weighted by molar-refractivity contribution is 9.10. The minimum atomic E-state index is -0.953. The normalized spacial score (nSPS) is 19.9. The van der Waals surface area contributed by atoms with E-state index >= 15 is 0 Å². The molecule has 4 heterocycles. The maximum atomic E-state index is 14.5. The number of nitrogens with one attached hydrogen (secondary N) is 1. The molecule has 7 nitrogen and oxygen atoms in total. The van der Waals surface area contributed by atoms with Gasteiger partial charge in [-0.1, -0.05) is 6.07 Å². The monoisotopic (exact) mass is 599 g/mol. The van der Waals surface area contributed by atoms with Gasteiger partial charge in [-0.2, -0.15) is 0 Å². The Labute approximate surface area is 241 Å². The summed E-state index contributed by atoms with van der Waals surface area (Å²) in [4.78, 5) is 33.2. The van der Waals surface area contributed by atoms with Gasteiger partial charge in [-0.25, -0.2) is 0 Å². The van der Waals surface area contributed by atoms with Crippen molar-refractivity contribution in [2.24, 2.45) is 5.92 Å². The number of ketones is 2. The molecule has 40 heavy (non-hydrogen) atoms. The van der Waals surface area contributed by atoms with Gasteiger partial charge in [-0.15, -0.1) is 0 Å². The smallest absolute Gasteiger partial charge is 0.181 e. The van der Waals surface area contributed by atoms with Crippen molar-refractivity contribution in [1.29, 1.82) is 0 Å². The Bertz CT molecular complexity index is 1680. The largest absolute Gasteiger partial charge is 0.496 e. The number of pyridine rings is 1. The van der Waals surface area contributed by atoms with E-state index < -0.39 is 11.5 Å². The Morgan fingerprint density at radius 3 is 2.65 bits per heavy atom. The summed E-state index contributed by atoms with van der Waals surface area (Å²) in [5.41, 5.74) is 3.84. The van der Waals surface area contributed by atoms with Gasteiger partial charge in [0.2, 0.25) is 0 Å². The molecule has 2 aromatic heterocycles. The zero-order chi connectivity index (χ0) is 27.6. The Morgan fingerprint density at radius 2 is 1.93 bits per heavy atom. The lowest BCUT2D eigenvalue weighted by molar-refractivity contribution is -0.0138. The second-order valence-corrected chi connectivity index (χ2v) is 12.1. The topological polar surface area (TPSA) is 82.5 Å². The predicted octanol–water partition coefficient (Wildman–Crippen LogP) is 6.31. The Hall–Kier alpha value is -3.49. The lowest BCUT2D eigenvalue weighted by Gasteiger charge is -2.45. The third-order valence-electron chi connectivity index (χ3n) is 8.63. The van der Waals surface area contributed by atoms with Crippen molar-refractivity contribution in [3.8, 4) is 22.6 Å². The first-order valence-electron chi connectivity index (χ1n) is 13.8. The van der Waals surface area contributed by atoms with Gasteiger partial charge in [0.25, 0.3) is 0 Å². The van der Waals surface area contributed by atoms with Crippen molar-refractivity contribution in [1.82, 2.24) is 14.9 Å². The van der Waals surface area contributed by atoms with Gasteiger partial charge in [0.15, 0.2) is 11.6 Å². The van der Waals surface area contributed by atoms with E-state index in [0.717, 1.165) is 44.9 Å². The Kier molecular flexibility index (Phi) is 6.09. The molecule has 1 saturated carbocycles. The van der Waals surface area contributed by atoms with Crippen LogP contribution in [0.25, 0.3) is 22.0 Å². The molecule has 0 amide bonds. The number of methoxy groups -OCH3 is 1. The van der Waals surface area contributed by atoms with Gasteiger partial charge in [0.1, 0.15) is 23.0 Å². The molecule has 1 N–H and O–H groups in total. The second-order valence-electron chi connectivity index (χ2n) is 11.2. The van der Waals surface area contributed by atoms with Gasteiger partial charge in [-0.3, -0.25) is 14.6 Å². The number of carbonyl (C=O) groups is 2. The first-order chi connectivity index (χ1) is 19.4. The van der Waals surface area contributed by atoms with E-state index in [1.54, 1.807) is 25.6 Å². The van der Waals surface area contributed by atoms with Crippen LogP contribution in [0.4, 0.5) is 0 Å². The van der Waals surface area contributed by atoms with Crippen LogP contribution in [0.3, 0.4) is 0 Å². The summed E-state index contributed by atoms with van der Waals surface area (Å²) in [6.07, 6.45) is 9.03. The molecule has 8 heteroatoms. The highest BCUT2D eigenvalue weighted by Gasteiger charge is 2.54. The predicted molar refractivity (Wildman–Crippen MR) is 156 cm³/mol. The van der Waals surface area contributed by atoms with E-state index in [2.05, 4.69) is 43.9 Å². The molecule has 3 aliphatic rings. The molecule has 1 aliphatic carbocycles. The van der Waals surface area contributed by atoms with Crippen molar-refractivity contribution in [3.63, 3.8) is 0 Å². The number of Topliss-reactive ketones (excluding diaryl/α,β-unsaturated/α-hetero) is 2. The molecular formula is C32H30BrN3O4. The van der Waals surface area contributed by atoms with Gasteiger partial charge in [0, 0.05) is 58.5 Å². The van der Waals surface area contributed by atoms with Gasteiger partial charge in [0.05, 0.1) is 18.2 Å². The molecule has 204 valence electrons. The maximum absolute atomic E-state index is 14.5. The number of ether oxygens (including phenoxy) is 2. The van der Waals surface area contributed by atoms with Gasteiger partial charge in [-0.05, 0) is 90.2 Å². The second kappa shape index (κ2) is 9.56. The average molecular weight is 601 g/mol. The quantitative estimate of drug-likeness (QED) is 0.214. The van der Waals surface area contributed by atoms with E-state index in [-0.39, 0.29) is 11.6 Å².